The maximum Gasteiger partial charge on any atom is 0.251 e. The van der Waals surface area contributed by atoms with E-state index in [0.717, 1.165) is 39.1 Å². The van der Waals surface area contributed by atoms with Crippen molar-refractivity contribution in [3.63, 3.8) is 0 Å². The molecule has 1 aromatic carbocycles. The monoisotopic (exact) mass is 310 g/mol. The minimum atomic E-state index is -0.102. The highest BCUT2D eigenvalue weighted by atomic mass is 35.5. The summed E-state index contributed by atoms with van der Waals surface area (Å²) in [5.74, 6) is -0.102. The second kappa shape index (κ2) is 7.64. The standard InChI is InChI=1S/C15H23ClN4O/c1-19-7-9-20(10-8-19)6-2-5-18-15(21)12-3-4-14(17)13(16)11-12/h3-4,11H,2,5-10,17H2,1H3,(H,18,21). The van der Waals surface area contributed by atoms with Crippen LogP contribution in [0.2, 0.25) is 5.02 Å². The van der Waals surface area contributed by atoms with E-state index in [1.54, 1.807) is 18.2 Å². The first kappa shape index (κ1) is 16.1. The third-order valence-corrected chi connectivity index (χ3v) is 4.12. The first-order valence-electron chi connectivity index (χ1n) is 7.30. The molecule has 21 heavy (non-hydrogen) atoms. The maximum atomic E-state index is 12.0. The Kier molecular flexibility index (Phi) is 5.85. The molecular weight excluding hydrogens is 288 g/mol. The van der Waals surface area contributed by atoms with Gasteiger partial charge in [0.25, 0.3) is 5.91 Å². The summed E-state index contributed by atoms with van der Waals surface area (Å²) in [4.78, 5) is 16.7. The van der Waals surface area contributed by atoms with Crippen molar-refractivity contribution in [2.45, 2.75) is 6.42 Å². The van der Waals surface area contributed by atoms with Crippen LogP contribution in [0.15, 0.2) is 18.2 Å². The molecule has 5 nitrogen and oxygen atoms in total. The third kappa shape index (κ3) is 4.88. The second-order valence-electron chi connectivity index (χ2n) is 5.49. The number of benzene rings is 1. The van der Waals surface area contributed by atoms with Crippen LogP contribution in [-0.4, -0.2) is 62.0 Å². The van der Waals surface area contributed by atoms with Crippen molar-refractivity contribution < 1.29 is 4.79 Å². The van der Waals surface area contributed by atoms with E-state index in [0.29, 0.717) is 22.8 Å². The summed E-state index contributed by atoms with van der Waals surface area (Å²) in [5.41, 5.74) is 6.67. The van der Waals surface area contributed by atoms with E-state index in [4.69, 9.17) is 17.3 Å². The summed E-state index contributed by atoms with van der Waals surface area (Å²) < 4.78 is 0. The molecule has 1 amide bonds. The van der Waals surface area contributed by atoms with Crippen LogP contribution in [0, 0.1) is 0 Å². The van der Waals surface area contributed by atoms with E-state index in [1.807, 2.05) is 0 Å². The Morgan fingerprint density at radius 1 is 1.33 bits per heavy atom. The van der Waals surface area contributed by atoms with Crippen LogP contribution in [0.5, 0.6) is 0 Å². The summed E-state index contributed by atoms with van der Waals surface area (Å²) in [6.45, 7) is 6.16. The Morgan fingerprint density at radius 2 is 2.05 bits per heavy atom. The number of hydrogen-bond donors (Lipinski definition) is 2. The van der Waals surface area contributed by atoms with Crippen LogP contribution >= 0.6 is 11.6 Å². The number of nitrogens with two attached hydrogens (primary N) is 1. The number of piperazine rings is 1. The highest BCUT2D eigenvalue weighted by molar-refractivity contribution is 6.33. The minimum absolute atomic E-state index is 0.102. The highest BCUT2D eigenvalue weighted by Gasteiger charge is 2.13. The van der Waals surface area contributed by atoms with E-state index in [2.05, 4.69) is 22.2 Å². The van der Waals surface area contributed by atoms with E-state index in [1.165, 1.54) is 0 Å². The average Bonchev–Trinajstić information content (AvgIpc) is 2.48. The van der Waals surface area contributed by atoms with Gasteiger partial charge in [-0.25, -0.2) is 0 Å². The first-order valence-corrected chi connectivity index (χ1v) is 7.68. The van der Waals surface area contributed by atoms with Crippen molar-refractivity contribution in [3.05, 3.63) is 28.8 Å². The van der Waals surface area contributed by atoms with Gasteiger partial charge in [0.2, 0.25) is 0 Å². The molecule has 1 aliphatic heterocycles. The molecule has 0 radical (unpaired) electrons. The minimum Gasteiger partial charge on any atom is -0.398 e. The number of carbonyl (C=O) groups is 1. The maximum absolute atomic E-state index is 12.0. The molecule has 2 rings (SSSR count). The average molecular weight is 311 g/mol. The number of nitrogens with zero attached hydrogens (tertiary/aromatic N) is 2. The van der Waals surface area contributed by atoms with Gasteiger partial charge in [-0.15, -0.1) is 0 Å². The fourth-order valence-corrected chi connectivity index (χ4v) is 2.53. The molecule has 1 saturated heterocycles. The Labute approximate surface area is 131 Å². The molecule has 1 fully saturated rings. The zero-order chi connectivity index (χ0) is 15.2. The fraction of sp³-hybridized carbons (Fsp3) is 0.533. The lowest BCUT2D eigenvalue weighted by atomic mass is 10.2. The summed E-state index contributed by atoms with van der Waals surface area (Å²) in [6.07, 6.45) is 0.957. The van der Waals surface area contributed by atoms with Crippen molar-refractivity contribution in [1.82, 2.24) is 15.1 Å². The van der Waals surface area contributed by atoms with Gasteiger partial charge in [0, 0.05) is 38.3 Å². The summed E-state index contributed by atoms with van der Waals surface area (Å²) in [5, 5.41) is 3.34. The van der Waals surface area contributed by atoms with Crippen LogP contribution in [0.1, 0.15) is 16.8 Å². The van der Waals surface area contributed by atoms with Gasteiger partial charge < -0.3 is 20.9 Å². The number of rotatable bonds is 5. The zero-order valence-corrected chi connectivity index (χ0v) is 13.2. The lowest BCUT2D eigenvalue weighted by Gasteiger charge is -2.32. The molecule has 0 spiro atoms. The van der Waals surface area contributed by atoms with Crippen LogP contribution in [0.3, 0.4) is 0 Å². The molecule has 116 valence electrons. The van der Waals surface area contributed by atoms with Gasteiger partial charge in [-0.2, -0.15) is 0 Å². The summed E-state index contributed by atoms with van der Waals surface area (Å²) in [7, 11) is 2.15. The van der Waals surface area contributed by atoms with Gasteiger partial charge in [-0.3, -0.25) is 4.79 Å². The number of nitrogen functional groups attached to an aromatic ring is 1. The SMILES string of the molecule is CN1CCN(CCCNC(=O)c2ccc(N)c(Cl)c2)CC1. The van der Waals surface area contributed by atoms with Crippen molar-refractivity contribution in [2.24, 2.45) is 0 Å². The molecule has 0 aromatic heterocycles. The molecule has 3 N–H and O–H groups in total. The normalized spacial score (nSPS) is 16.9. The second-order valence-corrected chi connectivity index (χ2v) is 5.90. The third-order valence-electron chi connectivity index (χ3n) is 3.80. The zero-order valence-electron chi connectivity index (χ0n) is 12.4. The van der Waals surface area contributed by atoms with Gasteiger partial charge in [-0.05, 0) is 38.2 Å². The quantitative estimate of drug-likeness (QED) is 0.635. The molecule has 0 saturated carbocycles. The van der Waals surface area contributed by atoms with Gasteiger partial charge in [0.1, 0.15) is 0 Å². The number of anilines is 1. The number of nitrogens with one attached hydrogen (secondary N) is 1. The molecule has 0 aliphatic carbocycles. The number of carbonyl (C=O) groups excluding carboxylic acids is 1. The van der Waals surface area contributed by atoms with Gasteiger partial charge in [0.05, 0.1) is 10.7 Å². The molecule has 1 aromatic rings. The van der Waals surface area contributed by atoms with Crippen LogP contribution in [0.25, 0.3) is 0 Å². The van der Waals surface area contributed by atoms with E-state index in [-0.39, 0.29) is 5.91 Å². The smallest absolute Gasteiger partial charge is 0.251 e. The van der Waals surface area contributed by atoms with Crippen molar-refractivity contribution in [3.8, 4) is 0 Å². The van der Waals surface area contributed by atoms with Crippen LogP contribution < -0.4 is 11.1 Å². The molecule has 1 aliphatic rings. The molecule has 1 heterocycles. The van der Waals surface area contributed by atoms with Crippen molar-refractivity contribution in [2.75, 3.05) is 52.0 Å². The predicted molar refractivity (Wildman–Crippen MR) is 86.8 cm³/mol. The number of halogens is 1. The largest absolute Gasteiger partial charge is 0.398 e. The molecule has 0 atom stereocenters. The molecule has 6 heteroatoms. The fourth-order valence-electron chi connectivity index (χ4n) is 2.35. The molecule has 0 bridgehead atoms. The number of hydrogen-bond acceptors (Lipinski definition) is 4. The Bertz CT molecular complexity index is 487. The van der Waals surface area contributed by atoms with Gasteiger partial charge >= 0.3 is 0 Å². The summed E-state index contributed by atoms with van der Waals surface area (Å²) in [6, 6.07) is 4.95. The number of amides is 1. The molecular formula is C15H23ClN4O. The Morgan fingerprint density at radius 3 is 2.71 bits per heavy atom. The molecule has 0 unspecified atom stereocenters. The topological polar surface area (TPSA) is 61.6 Å². The van der Waals surface area contributed by atoms with Crippen molar-refractivity contribution >= 4 is 23.2 Å². The van der Waals surface area contributed by atoms with Crippen LogP contribution in [0.4, 0.5) is 5.69 Å². The Balaban J connectivity index is 1.68. The highest BCUT2D eigenvalue weighted by Crippen LogP contribution is 2.19. The lowest BCUT2D eigenvalue weighted by molar-refractivity contribution is 0.0949. The van der Waals surface area contributed by atoms with E-state index >= 15 is 0 Å². The van der Waals surface area contributed by atoms with E-state index < -0.39 is 0 Å². The first-order chi connectivity index (χ1) is 10.1. The number of likely N-dealkylation sites (N-methyl/N-ethyl adjacent to an activating group) is 1. The Hall–Kier alpha value is -1.30. The van der Waals surface area contributed by atoms with Crippen molar-refractivity contribution in [1.29, 1.82) is 0 Å². The lowest BCUT2D eigenvalue weighted by Crippen LogP contribution is -2.45. The van der Waals surface area contributed by atoms with Gasteiger partial charge in [0.15, 0.2) is 0 Å². The summed E-state index contributed by atoms with van der Waals surface area (Å²) >= 11 is 5.92. The van der Waals surface area contributed by atoms with Gasteiger partial charge in [-0.1, -0.05) is 11.6 Å². The van der Waals surface area contributed by atoms with Crippen LogP contribution in [-0.2, 0) is 0 Å². The van der Waals surface area contributed by atoms with E-state index in [9.17, 15) is 4.79 Å². The predicted octanol–water partition coefficient (Wildman–Crippen LogP) is 1.29.